The van der Waals surface area contributed by atoms with Crippen LogP contribution in [0.5, 0.6) is 0 Å². The van der Waals surface area contributed by atoms with Crippen LogP contribution >= 0.6 is 0 Å². The van der Waals surface area contributed by atoms with Crippen LogP contribution in [0.2, 0.25) is 0 Å². The highest BCUT2D eigenvalue weighted by molar-refractivity contribution is 6.20. The molecule has 9 nitrogen and oxygen atoms in total. The van der Waals surface area contributed by atoms with Crippen LogP contribution in [0.25, 0.3) is 0 Å². The van der Waals surface area contributed by atoms with Crippen molar-refractivity contribution < 1.29 is 14.4 Å². The number of hydrogen-bond acceptors (Lipinski definition) is 6. The van der Waals surface area contributed by atoms with Crippen LogP contribution in [0, 0.1) is 0 Å². The lowest BCUT2D eigenvalue weighted by molar-refractivity contribution is -0.116. The van der Waals surface area contributed by atoms with Crippen molar-refractivity contribution in [1.29, 1.82) is 0 Å². The van der Waals surface area contributed by atoms with Gasteiger partial charge in [-0.3, -0.25) is 29.6 Å². The summed E-state index contributed by atoms with van der Waals surface area (Å²) in [4.78, 5) is 44.4. The van der Waals surface area contributed by atoms with Crippen molar-refractivity contribution in [1.82, 2.24) is 25.1 Å². The standard InChI is InChI=1S/C12H10N6O3/c19-8(16-12-14-6-15-17-12)3-5-18-10(20)7-2-1-4-13-9(7)11(18)21/h1-2,4,6H,3,5H2,(H2,14,15,16,17,19). The molecule has 2 aromatic heterocycles. The molecule has 0 spiro atoms. The molecule has 3 heterocycles. The molecular weight excluding hydrogens is 276 g/mol. The number of anilines is 1. The highest BCUT2D eigenvalue weighted by Crippen LogP contribution is 2.20. The zero-order valence-corrected chi connectivity index (χ0v) is 10.7. The van der Waals surface area contributed by atoms with E-state index in [0.717, 1.165) is 4.90 Å². The van der Waals surface area contributed by atoms with Gasteiger partial charge in [0, 0.05) is 19.2 Å². The molecule has 0 saturated heterocycles. The normalized spacial score (nSPS) is 13.4. The molecule has 3 amide bonds. The third kappa shape index (κ3) is 2.36. The van der Waals surface area contributed by atoms with Crippen LogP contribution in [0.4, 0.5) is 5.95 Å². The molecule has 0 unspecified atom stereocenters. The second-order valence-corrected chi connectivity index (χ2v) is 4.29. The average Bonchev–Trinajstić information content (AvgIpc) is 3.07. The number of aromatic amines is 1. The van der Waals surface area contributed by atoms with Crippen LogP contribution in [-0.2, 0) is 4.79 Å². The molecule has 21 heavy (non-hydrogen) atoms. The topological polar surface area (TPSA) is 121 Å². The van der Waals surface area contributed by atoms with Crippen molar-refractivity contribution in [2.24, 2.45) is 0 Å². The predicted molar refractivity (Wildman–Crippen MR) is 69.2 cm³/mol. The summed E-state index contributed by atoms with van der Waals surface area (Å²) in [5, 5.41) is 8.53. The van der Waals surface area contributed by atoms with E-state index < -0.39 is 11.8 Å². The smallest absolute Gasteiger partial charge is 0.280 e. The molecule has 0 radical (unpaired) electrons. The molecule has 2 N–H and O–H groups in total. The first kappa shape index (κ1) is 12.9. The Hall–Kier alpha value is -3.10. The van der Waals surface area contributed by atoms with E-state index in [0.29, 0.717) is 0 Å². The number of rotatable bonds is 4. The van der Waals surface area contributed by atoms with E-state index in [1.807, 2.05) is 0 Å². The first-order chi connectivity index (χ1) is 10.2. The number of imide groups is 1. The Labute approximate surface area is 118 Å². The fourth-order valence-corrected chi connectivity index (χ4v) is 1.99. The minimum Gasteiger partial charge on any atom is -0.295 e. The van der Waals surface area contributed by atoms with E-state index in [-0.39, 0.29) is 36.1 Å². The number of H-pyrrole nitrogens is 1. The molecule has 1 aliphatic heterocycles. The Kier molecular flexibility index (Phi) is 3.14. The van der Waals surface area contributed by atoms with Gasteiger partial charge in [0.05, 0.1) is 5.56 Å². The second kappa shape index (κ2) is 5.12. The van der Waals surface area contributed by atoms with Gasteiger partial charge in [0.1, 0.15) is 12.0 Å². The molecule has 0 atom stereocenters. The summed E-state index contributed by atoms with van der Waals surface area (Å²) in [6, 6.07) is 3.13. The van der Waals surface area contributed by atoms with Gasteiger partial charge in [-0.1, -0.05) is 0 Å². The lowest BCUT2D eigenvalue weighted by Crippen LogP contribution is -2.33. The van der Waals surface area contributed by atoms with Crippen molar-refractivity contribution in [3.63, 3.8) is 0 Å². The van der Waals surface area contributed by atoms with E-state index in [4.69, 9.17) is 0 Å². The highest BCUT2D eigenvalue weighted by atomic mass is 16.2. The van der Waals surface area contributed by atoms with Crippen LogP contribution in [0.1, 0.15) is 27.3 Å². The van der Waals surface area contributed by atoms with Gasteiger partial charge in [-0.15, -0.1) is 0 Å². The monoisotopic (exact) mass is 286 g/mol. The molecule has 1 aliphatic rings. The van der Waals surface area contributed by atoms with Gasteiger partial charge in [0.25, 0.3) is 11.8 Å². The van der Waals surface area contributed by atoms with Crippen molar-refractivity contribution >= 4 is 23.7 Å². The van der Waals surface area contributed by atoms with Crippen molar-refractivity contribution in [3.8, 4) is 0 Å². The van der Waals surface area contributed by atoms with E-state index >= 15 is 0 Å². The number of pyridine rings is 1. The SMILES string of the molecule is O=C(CCN1C(=O)c2cccnc2C1=O)Nc1ncn[nH]1. The molecule has 0 bridgehead atoms. The van der Waals surface area contributed by atoms with Gasteiger partial charge in [0.2, 0.25) is 11.9 Å². The number of aromatic nitrogens is 4. The predicted octanol–water partition coefficient (Wildman–Crippen LogP) is -0.176. The van der Waals surface area contributed by atoms with Gasteiger partial charge >= 0.3 is 0 Å². The number of carbonyl (C=O) groups is 3. The quantitative estimate of drug-likeness (QED) is 0.752. The maximum absolute atomic E-state index is 12.0. The van der Waals surface area contributed by atoms with Gasteiger partial charge in [-0.05, 0) is 12.1 Å². The van der Waals surface area contributed by atoms with E-state index in [1.165, 1.54) is 18.6 Å². The number of carbonyl (C=O) groups excluding carboxylic acids is 3. The fraction of sp³-hybridized carbons (Fsp3) is 0.167. The molecule has 0 saturated carbocycles. The second-order valence-electron chi connectivity index (χ2n) is 4.29. The van der Waals surface area contributed by atoms with Gasteiger partial charge < -0.3 is 0 Å². The fourth-order valence-electron chi connectivity index (χ4n) is 1.99. The number of hydrogen-bond donors (Lipinski definition) is 2. The maximum Gasteiger partial charge on any atom is 0.280 e. The van der Waals surface area contributed by atoms with E-state index in [9.17, 15) is 14.4 Å². The molecule has 9 heteroatoms. The third-order valence-electron chi connectivity index (χ3n) is 2.97. The largest absolute Gasteiger partial charge is 0.295 e. The minimum absolute atomic E-state index is 0.0198. The van der Waals surface area contributed by atoms with Crippen LogP contribution < -0.4 is 5.32 Å². The third-order valence-corrected chi connectivity index (χ3v) is 2.97. The lowest BCUT2D eigenvalue weighted by atomic mass is 10.2. The van der Waals surface area contributed by atoms with Crippen molar-refractivity contribution in [2.75, 3.05) is 11.9 Å². The van der Waals surface area contributed by atoms with Crippen LogP contribution in [0.3, 0.4) is 0 Å². The summed E-state index contributed by atoms with van der Waals surface area (Å²) in [7, 11) is 0. The molecule has 0 aromatic carbocycles. The maximum atomic E-state index is 12.0. The minimum atomic E-state index is -0.483. The molecule has 0 aliphatic carbocycles. The Morgan fingerprint density at radius 2 is 2.14 bits per heavy atom. The summed E-state index contributed by atoms with van der Waals surface area (Å²) >= 11 is 0. The Morgan fingerprint density at radius 1 is 1.29 bits per heavy atom. The molecule has 3 rings (SSSR count). The number of nitrogens with zero attached hydrogens (tertiary/aromatic N) is 4. The van der Waals surface area contributed by atoms with Crippen LogP contribution in [-0.4, -0.2) is 49.3 Å². The number of amides is 3. The highest BCUT2D eigenvalue weighted by Gasteiger charge is 2.36. The Balaban J connectivity index is 1.63. The summed E-state index contributed by atoms with van der Waals surface area (Å²) in [6.07, 6.45) is 2.67. The number of fused-ring (bicyclic) bond motifs is 1. The molecule has 106 valence electrons. The molecular formula is C12H10N6O3. The summed E-state index contributed by atoms with van der Waals surface area (Å²) < 4.78 is 0. The first-order valence-corrected chi connectivity index (χ1v) is 6.13. The lowest BCUT2D eigenvalue weighted by Gasteiger charge is -2.12. The molecule has 2 aromatic rings. The Morgan fingerprint density at radius 3 is 2.86 bits per heavy atom. The van der Waals surface area contributed by atoms with Gasteiger partial charge in [-0.25, -0.2) is 5.10 Å². The van der Waals surface area contributed by atoms with E-state index in [2.05, 4.69) is 25.5 Å². The van der Waals surface area contributed by atoms with Gasteiger partial charge in [0.15, 0.2) is 0 Å². The van der Waals surface area contributed by atoms with Crippen molar-refractivity contribution in [3.05, 3.63) is 35.9 Å². The first-order valence-electron chi connectivity index (χ1n) is 6.13. The number of nitrogens with one attached hydrogen (secondary N) is 2. The average molecular weight is 286 g/mol. The van der Waals surface area contributed by atoms with Crippen LogP contribution in [0.15, 0.2) is 24.7 Å². The van der Waals surface area contributed by atoms with Gasteiger partial charge in [-0.2, -0.15) is 10.1 Å². The summed E-state index contributed by atoms with van der Waals surface area (Å²) in [6.45, 7) is -0.0198. The van der Waals surface area contributed by atoms with E-state index in [1.54, 1.807) is 6.07 Å². The zero-order valence-electron chi connectivity index (χ0n) is 10.7. The summed E-state index contributed by atoms with van der Waals surface area (Å²) in [5.74, 6) is -1.08. The zero-order chi connectivity index (χ0) is 14.8. The van der Waals surface area contributed by atoms with Crippen molar-refractivity contribution in [2.45, 2.75) is 6.42 Å². The molecule has 0 fully saturated rings. The summed E-state index contributed by atoms with van der Waals surface area (Å²) in [5.41, 5.74) is 0.385. The Bertz CT molecular complexity index is 677.